The molecular weight excluding hydrogens is 391 g/mol. The molecule has 0 aliphatic heterocycles. The summed E-state index contributed by atoms with van der Waals surface area (Å²) in [6.45, 7) is 1.35. The Balaban J connectivity index is 2.09. The van der Waals surface area contributed by atoms with Gasteiger partial charge in [0.15, 0.2) is 11.3 Å². The van der Waals surface area contributed by atoms with E-state index < -0.39 is 29.4 Å². The summed E-state index contributed by atoms with van der Waals surface area (Å²) < 4.78 is 41.3. The second-order valence-corrected chi connectivity index (χ2v) is 5.91. The van der Waals surface area contributed by atoms with Crippen LogP contribution in [0.15, 0.2) is 12.3 Å². The molecule has 0 spiro atoms. The van der Waals surface area contributed by atoms with E-state index in [1.54, 1.807) is 0 Å². The van der Waals surface area contributed by atoms with Crippen LogP contribution in [0.25, 0.3) is 5.65 Å². The zero-order chi connectivity index (χ0) is 20.1. The molecule has 2 amide bonds. The van der Waals surface area contributed by atoms with E-state index >= 15 is 0 Å². The number of nitrogens with zero attached hydrogens (tertiary/aromatic N) is 5. The zero-order valence-corrected chi connectivity index (χ0v) is 14.6. The van der Waals surface area contributed by atoms with Crippen molar-refractivity contribution < 1.29 is 22.8 Å². The van der Waals surface area contributed by atoms with Gasteiger partial charge in [0, 0.05) is 12.7 Å². The summed E-state index contributed by atoms with van der Waals surface area (Å²) in [6.07, 6.45) is -3.58. The number of carbonyl (C=O) groups is 2. The van der Waals surface area contributed by atoms with Gasteiger partial charge in [-0.15, -0.1) is 0 Å². The summed E-state index contributed by atoms with van der Waals surface area (Å²) >= 11 is 6.03. The molecule has 0 unspecified atom stereocenters. The highest BCUT2D eigenvalue weighted by Crippen LogP contribution is 2.32. The average molecular weight is 402 g/mol. The second kappa shape index (κ2) is 6.23. The molecule has 3 aromatic rings. The largest absolute Gasteiger partial charge is 0.433 e. The third kappa shape index (κ3) is 3.18. The second-order valence-electron chi connectivity index (χ2n) is 5.53. The first-order valence-electron chi connectivity index (χ1n) is 7.27. The van der Waals surface area contributed by atoms with Gasteiger partial charge in [0.1, 0.15) is 16.4 Å². The molecule has 0 aromatic carbocycles. The number of hydrogen-bond donors (Lipinski definition) is 2. The molecule has 27 heavy (non-hydrogen) atoms. The molecule has 13 heteroatoms. The molecule has 142 valence electrons. The van der Waals surface area contributed by atoms with Crippen LogP contribution < -0.4 is 11.1 Å². The van der Waals surface area contributed by atoms with Crippen LogP contribution in [0.1, 0.15) is 32.4 Å². The number of halogens is 4. The average Bonchev–Trinajstić information content (AvgIpc) is 3.07. The molecule has 0 bridgehead atoms. The minimum atomic E-state index is -4.74. The fraction of sp³-hybridized carbons (Fsp3) is 0.214. The van der Waals surface area contributed by atoms with E-state index in [4.69, 9.17) is 17.3 Å². The number of aromatic nitrogens is 5. The molecule has 0 saturated heterocycles. The van der Waals surface area contributed by atoms with Gasteiger partial charge in [-0.1, -0.05) is 11.6 Å². The van der Waals surface area contributed by atoms with Crippen molar-refractivity contribution in [1.82, 2.24) is 24.4 Å². The highest BCUT2D eigenvalue weighted by molar-refractivity contribution is 6.37. The van der Waals surface area contributed by atoms with Crippen LogP contribution in [0, 0.1) is 6.92 Å². The van der Waals surface area contributed by atoms with Crippen molar-refractivity contribution in [1.29, 1.82) is 0 Å². The fourth-order valence-electron chi connectivity index (χ4n) is 2.46. The number of alkyl halides is 3. The number of nitrogens with two attached hydrogens (primary N) is 1. The van der Waals surface area contributed by atoms with Gasteiger partial charge in [-0.2, -0.15) is 23.4 Å². The molecular formula is C14H11ClF3N7O2. The fourth-order valence-corrected chi connectivity index (χ4v) is 2.71. The normalized spacial score (nSPS) is 11.8. The lowest BCUT2D eigenvalue weighted by atomic mass is 10.3. The third-order valence-electron chi connectivity index (χ3n) is 3.59. The van der Waals surface area contributed by atoms with E-state index in [2.05, 4.69) is 20.5 Å². The van der Waals surface area contributed by atoms with Crippen LogP contribution >= 0.6 is 11.6 Å². The van der Waals surface area contributed by atoms with Crippen molar-refractivity contribution in [2.24, 2.45) is 12.8 Å². The van der Waals surface area contributed by atoms with Gasteiger partial charge in [0.05, 0.1) is 11.9 Å². The molecule has 0 saturated carbocycles. The van der Waals surface area contributed by atoms with E-state index in [9.17, 15) is 22.8 Å². The van der Waals surface area contributed by atoms with Gasteiger partial charge in [0.25, 0.3) is 11.8 Å². The van der Waals surface area contributed by atoms with E-state index in [1.807, 2.05) is 0 Å². The number of carbonyl (C=O) groups excluding carboxylic acids is 2. The Labute approximate surface area is 153 Å². The molecule has 3 aromatic heterocycles. The SMILES string of the molecule is Cc1cc(C(F)(F)F)n2nc(C(=O)Nc3cnn(C)c3C(N)=O)c(Cl)c2n1. The lowest BCUT2D eigenvalue weighted by Crippen LogP contribution is -2.20. The smallest absolute Gasteiger partial charge is 0.364 e. The number of anilines is 1. The molecule has 3 rings (SSSR count). The Hall–Kier alpha value is -3.15. The highest BCUT2D eigenvalue weighted by atomic mass is 35.5. The summed E-state index contributed by atoms with van der Waals surface area (Å²) in [5, 5.41) is 9.38. The first-order valence-corrected chi connectivity index (χ1v) is 7.64. The van der Waals surface area contributed by atoms with Crippen molar-refractivity contribution in [3.8, 4) is 0 Å². The lowest BCUT2D eigenvalue weighted by Gasteiger charge is -2.09. The predicted molar refractivity (Wildman–Crippen MR) is 87.4 cm³/mol. The van der Waals surface area contributed by atoms with Crippen LogP contribution in [0.4, 0.5) is 18.9 Å². The quantitative estimate of drug-likeness (QED) is 0.693. The minimum Gasteiger partial charge on any atom is -0.364 e. The van der Waals surface area contributed by atoms with Crippen molar-refractivity contribution in [3.05, 3.63) is 40.1 Å². The summed E-state index contributed by atoms with van der Waals surface area (Å²) in [6, 6.07) is 0.782. The van der Waals surface area contributed by atoms with Gasteiger partial charge in [-0.3, -0.25) is 14.3 Å². The summed E-state index contributed by atoms with van der Waals surface area (Å²) in [4.78, 5) is 27.8. The molecule has 0 aliphatic rings. The number of fused-ring (bicyclic) bond motifs is 1. The van der Waals surface area contributed by atoms with Gasteiger partial charge >= 0.3 is 6.18 Å². The molecule has 3 heterocycles. The first-order chi connectivity index (χ1) is 12.5. The Morgan fingerprint density at radius 1 is 1.33 bits per heavy atom. The summed E-state index contributed by atoms with van der Waals surface area (Å²) in [5.41, 5.74) is 3.17. The zero-order valence-electron chi connectivity index (χ0n) is 13.8. The third-order valence-corrected chi connectivity index (χ3v) is 3.93. The van der Waals surface area contributed by atoms with E-state index in [1.165, 1.54) is 14.0 Å². The molecule has 9 nitrogen and oxygen atoms in total. The van der Waals surface area contributed by atoms with Crippen molar-refractivity contribution >= 4 is 34.7 Å². The molecule has 0 aliphatic carbocycles. The summed E-state index contributed by atoms with van der Waals surface area (Å²) in [5.74, 6) is -1.81. The number of primary amides is 1. The molecule has 0 radical (unpaired) electrons. The first kappa shape index (κ1) is 18.6. The maximum absolute atomic E-state index is 13.2. The minimum absolute atomic E-state index is 0.0386. The Kier molecular flexibility index (Phi) is 4.30. The lowest BCUT2D eigenvalue weighted by molar-refractivity contribution is -0.142. The number of nitrogens with one attached hydrogen (secondary N) is 1. The van der Waals surface area contributed by atoms with Gasteiger partial charge in [-0.05, 0) is 13.0 Å². The van der Waals surface area contributed by atoms with Crippen LogP contribution in [-0.2, 0) is 13.2 Å². The summed E-state index contributed by atoms with van der Waals surface area (Å²) in [7, 11) is 1.43. The van der Waals surface area contributed by atoms with Gasteiger partial charge in [0.2, 0.25) is 0 Å². The Morgan fingerprint density at radius 3 is 2.59 bits per heavy atom. The number of amides is 2. The van der Waals surface area contributed by atoms with Crippen molar-refractivity contribution in [2.45, 2.75) is 13.1 Å². The van der Waals surface area contributed by atoms with Crippen LogP contribution in [-0.4, -0.2) is 36.2 Å². The van der Waals surface area contributed by atoms with Crippen molar-refractivity contribution in [2.75, 3.05) is 5.32 Å². The highest BCUT2D eigenvalue weighted by Gasteiger charge is 2.36. The van der Waals surface area contributed by atoms with E-state index in [0.717, 1.165) is 16.9 Å². The molecule has 3 N–H and O–H groups in total. The molecule has 0 atom stereocenters. The number of aryl methyl sites for hydroxylation is 2. The van der Waals surface area contributed by atoms with Crippen LogP contribution in [0.5, 0.6) is 0 Å². The van der Waals surface area contributed by atoms with Crippen LogP contribution in [0.3, 0.4) is 0 Å². The maximum Gasteiger partial charge on any atom is 0.433 e. The maximum atomic E-state index is 13.2. The van der Waals surface area contributed by atoms with E-state index in [-0.39, 0.29) is 27.7 Å². The number of rotatable bonds is 3. The van der Waals surface area contributed by atoms with Gasteiger partial charge < -0.3 is 11.1 Å². The van der Waals surface area contributed by atoms with Crippen LogP contribution in [0.2, 0.25) is 5.02 Å². The standard InChI is InChI=1S/C14H11ClF3N7O2/c1-5-3-7(14(16,17)18)25-12(21-5)8(15)9(23-25)13(27)22-6-4-20-24(2)10(6)11(19)26/h3-4H,1-2H3,(H2,19,26)(H,22,27). The van der Waals surface area contributed by atoms with E-state index in [0.29, 0.717) is 4.52 Å². The predicted octanol–water partition coefficient (Wildman–Crippen LogP) is 1.79. The Bertz CT molecular complexity index is 1090. The topological polar surface area (TPSA) is 120 Å². The van der Waals surface area contributed by atoms with Crippen molar-refractivity contribution in [3.63, 3.8) is 0 Å². The monoisotopic (exact) mass is 401 g/mol. The molecule has 0 fully saturated rings. The number of hydrogen-bond acceptors (Lipinski definition) is 5. The van der Waals surface area contributed by atoms with Gasteiger partial charge in [-0.25, -0.2) is 9.50 Å². The Morgan fingerprint density at radius 2 is 2.00 bits per heavy atom.